The third kappa shape index (κ3) is 3.86. The molecule has 0 saturated heterocycles. The van der Waals surface area contributed by atoms with Crippen molar-refractivity contribution in [1.82, 2.24) is 0 Å². The second-order valence-electron chi connectivity index (χ2n) is 15.8. The SMILES string of the molecule is Cc1ccc2[n+](c1)C1(c3ccccc3-2)c2ccc3c(oc4c3ccc3cc(C)sc34)c2-c2cc(CC(C)(C)C)c(-c3c(C)cccc3C)c[n+]21. The lowest BCUT2D eigenvalue weighted by Gasteiger charge is -2.23. The summed E-state index contributed by atoms with van der Waals surface area (Å²) < 4.78 is 13.5. The van der Waals surface area contributed by atoms with Crippen LogP contribution in [0.15, 0.2) is 108 Å². The molecule has 0 N–H and O–H groups in total. The minimum absolute atomic E-state index is 0.0930. The topological polar surface area (TPSA) is 20.9 Å². The Morgan fingerprint density at radius 3 is 2.20 bits per heavy atom. The molecule has 0 saturated carbocycles. The van der Waals surface area contributed by atoms with Gasteiger partial charge in [0, 0.05) is 38.9 Å². The molecule has 8 aromatic rings. The van der Waals surface area contributed by atoms with Crippen LogP contribution in [0.1, 0.15) is 59.0 Å². The largest absolute Gasteiger partial charge is 0.454 e. The molecule has 0 radical (unpaired) electrons. The quantitative estimate of drug-likeness (QED) is 0.168. The Hall–Kier alpha value is -5.06. The molecular formula is C46H40N2OS+2. The minimum atomic E-state index is -0.629. The van der Waals surface area contributed by atoms with Crippen LogP contribution in [0.5, 0.6) is 0 Å². The van der Waals surface area contributed by atoms with Crippen molar-refractivity contribution in [2.45, 2.75) is 60.5 Å². The normalized spacial score (nSPS) is 16.1. The molecule has 0 fully saturated rings. The zero-order valence-corrected chi connectivity index (χ0v) is 30.5. The maximum atomic E-state index is 7.16. The molecular weight excluding hydrogens is 629 g/mol. The molecule has 50 heavy (non-hydrogen) atoms. The van der Waals surface area contributed by atoms with E-state index in [9.17, 15) is 0 Å². The fourth-order valence-electron chi connectivity index (χ4n) is 9.19. The highest BCUT2D eigenvalue weighted by atomic mass is 32.1. The van der Waals surface area contributed by atoms with Crippen LogP contribution in [-0.4, -0.2) is 0 Å². The molecule has 2 aliphatic heterocycles. The average Bonchev–Trinajstić information content (AvgIpc) is 3.79. The lowest BCUT2D eigenvalue weighted by Crippen LogP contribution is -2.71. The van der Waals surface area contributed by atoms with Crippen molar-refractivity contribution >= 4 is 43.4 Å². The van der Waals surface area contributed by atoms with E-state index in [1.807, 2.05) is 11.3 Å². The second-order valence-corrected chi connectivity index (χ2v) is 17.1. The number of furan rings is 1. The highest BCUT2D eigenvalue weighted by molar-refractivity contribution is 7.20. The van der Waals surface area contributed by atoms with Gasteiger partial charge in [-0.25, -0.2) is 0 Å². The Balaban J connectivity index is 1.42. The van der Waals surface area contributed by atoms with E-state index >= 15 is 0 Å². The van der Waals surface area contributed by atoms with Gasteiger partial charge in [-0.15, -0.1) is 20.5 Å². The first kappa shape index (κ1) is 29.8. The van der Waals surface area contributed by atoms with E-state index in [-0.39, 0.29) is 5.41 Å². The monoisotopic (exact) mass is 668 g/mol. The van der Waals surface area contributed by atoms with Crippen molar-refractivity contribution in [2.24, 2.45) is 5.41 Å². The first-order valence-corrected chi connectivity index (χ1v) is 18.5. The number of hydrogen-bond donors (Lipinski definition) is 0. The zero-order chi connectivity index (χ0) is 34.3. The molecule has 0 amide bonds. The smallest absolute Gasteiger partial charge is 0.417 e. The van der Waals surface area contributed by atoms with Gasteiger partial charge >= 0.3 is 5.66 Å². The molecule has 0 aliphatic carbocycles. The summed E-state index contributed by atoms with van der Waals surface area (Å²) in [7, 11) is 0. The van der Waals surface area contributed by atoms with Crippen LogP contribution in [0.4, 0.5) is 0 Å². The van der Waals surface area contributed by atoms with Crippen molar-refractivity contribution in [1.29, 1.82) is 0 Å². The number of nitrogens with zero attached hydrogens (tertiary/aromatic N) is 2. The molecule has 3 nitrogen and oxygen atoms in total. The standard InChI is InChI=1S/C46H40N2OS/c1-26-15-20-38-34-13-8-9-14-36(34)46(47(38)24-26)37-19-18-32-33-17-16-30-21-29(4)50-44(30)43(33)49-42(32)41(37)39-22-31(23-45(5,6)7)35(25-48(39)46)40-27(2)11-10-12-28(40)3/h8-22,24-25H,23H2,1-7H3/q+2. The summed E-state index contributed by atoms with van der Waals surface area (Å²) in [5.74, 6) is 0. The Morgan fingerprint density at radius 1 is 0.660 bits per heavy atom. The lowest BCUT2D eigenvalue weighted by atomic mass is 9.83. The number of thiophene rings is 1. The number of rotatable bonds is 2. The van der Waals surface area contributed by atoms with Crippen LogP contribution in [0.2, 0.25) is 0 Å². The Morgan fingerprint density at radius 2 is 1.40 bits per heavy atom. The van der Waals surface area contributed by atoms with E-state index < -0.39 is 5.66 Å². The molecule has 1 unspecified atom stereocenters. The average molecular weight is 669 g/mol. The van der Waals surface area contributed by atoms with E-state index in [0.29, 0.717) is 0 Å². The molecule has 2 aliphatic rings. The number of fused-ring (bicyclic) bond motifs is 16. The lowest BCUT2D eigenvalue weighted by molar-refractivity contribution is -0.955. The molecule has 4 aromatic heterocycles. The molecule has 10 rings (SSSR count). The van der Waals surface area contributed by atoms with Crippen molar-refractivity contribution in [2.75, 3.05) is 0 Å². The zero-order valence-electron chi connectivity index (χ0n) is 29.7. The van der Waals surface area contributed by atoms with Gasteiger partial charge in [0.15, 0.2) is 18.0 Å². The van der Waals surface area contributed by atoms with Gasteiger partial charge in [-0.1, -0.05) is 57.2 Å². The molecule has 0 bridgehead atoms. The van der Waals surface area contributed by atoms with Gasteiger partial charge in [-0.05, 0) is 110 Å². The van der Waals surface area contributed by atoms with Crippen LogP contribution in [0.3, 0.4) is 0 Å². The fourth-order valence-corrected chi connectivity index (χ4v) is 10.2. The van der Waals surface area contributed by atoms with Gasteiger partial charge in [-0.2, -0.15) is 0 Å². The maximum absolute atomic E-state index is 7.16. The summed E-state index contributed by atoms with van der Waals surface area (Å²) in [4.78, 5) is 1.30. The van der Waals surface area contributed by atoms with E-state index in [0.717, 1.165) is 17.6 Å². The Bertz CT molecular complexity index is 2750. The van der Waals surface area contributed by atoms with Crippen LogP contribution >= 0.6 is 11.3 Å². The third-order valence-electron chi connectivity index (χ3n) is 11.1. The van der Waals surface area contributed by atoms with Gasteiger partial charge < -0.3 is 4.42 Å². The van der Waals surface area contributed by atoms with E-state index in [4.69, 9.17) is 4.42 Å². The first-order valence-electron chi connectivity index (χ1n) is 17.7. The molecule has 244 valence electrons. The van der Waals surface area contributed by atoms with Crippen molar-refractivity contribution in [3.63, 3.8) is 0 Å². The van der Waals surface area contributed by atoms with Crippen molar-refractivity contribution < 1.29 is 13.6 Å². The maximum Gasteiger partial charge on any atom is 0.417 e. The van der Waals surface area contributed by atoms with E-state index in [1.165, 1.54) is 92.8 Å². The van der Waals surface area contributed by atoms with Crippen molar-refractivity contribution in [3.8, 4) is 33.6 Å². The predicted octanol–water partition coefficient (Wildman–Crippen LogP) is 11.1. The summed E-state index contributed by atoms with van der Waals surface area (Å²) in [6, 6.07) is 34.3. The molecule has 6 heterocycles. The summed E-state index contributed by atoms with van der Waals surface area (Å²) >= 11 is 1.83. The summed E-state index contributed by atoms with van der Waals surface area (Å²) in [5, 5.41) is 3.60. The van der Waals surface area contributed by atoms with Gasteiger partial charge in [-0.3, -0.25) is 0 Å². The number of benzene rings is 4. The van der Waals surface area contributed by atoms with Gasteiger partial charge in [0.1, 0.15) is 22.3 Å². The summed E-state index contributed by atoms with van der Waals surface area (Å²) in [6.45, 7) is 16.0. The van der Waals surface area contributed by atoms with Crippen LogP contribution in [0, 0.1) is 33.1 Å². The van der Waals surface area contributed by atoms with Crippen LogP contribution in [0.25, 0.3) is 65.7 Å². The minimum Gasteiger partial charge on any atom is -0.454 e. The fraction of sp³-hybridized carbons (Fsp3) is 0.217. The predicted molar refractivity (Wildman–Crippen MR) is 206 cm³/mol. The van der Waals surface area contributed by atoms with Crippen molar-refractivity contribution in [3.05, 3.63) is 142 Å². The molecule has 4 aromatic carbocycles. The second kappa shape index (κ2) is 10.0. The van der Waals surface area contributed by atoms with Crippen LogP contribution < -0.4 is 9.13 Å². The van der Waals surface area contributed by atoms with Gasteiger partial charge in [0.2, 0.25) is 11.4 Å². The highest BCUT2D eigenvalue weighted by Crippen LogP contribution is 2.52. The first-order chi connectivity index (χ1) is 24.0. The molecule has 4 heteroatoms. The van der Waals surface area contributed by atoms with Gasteiger partial charge in [0.05, 0.1) is 10.3 Å². The molecule has 1 spiro atoms. The van der Waals surface area contributed by atoms with E-state index in [1.54, 1.807) is 0 Å². The van der Waals surface area contributed by atoms with Crippen LogP contribution in [-0.2, 0) is 12.1 Å². The number of hydrogen-bond acceptors (Lipinski definition) is 2. The number of aromatic nitrogens is 2. The number of pyridine rings is 2. The Kier molecular flexibility index (Phi) is 5.97. The number of aryl methyl sites for hydroxylation is 4. The summed E-state index contributed by atoms with van der Waals surface area (Å²) in [6.07, 6.45) is 5.79. The highest BCUT2D eigenvalue weighted by Gasteiger charge is 2.67. The van der Waals surface area contributed by atoms with Gasteiger partial charge in [0.25, 0.3) is 0 Å². The summed E-state index contributed by atoms with van der Waals surface area (Å²) in [5.41, 5.74) is 16.7. The van der Waals surface area contributed by atoms with E-state index in [2.05, 4.69) is 161 Å². The Labute approximate surface area is 297 Å². The third-order valence-corrected chi connectivity index (χ3v) is 12.1. The molecule has 1 atom stereocenters.